The van der Waals surface area contributed by atoms with E-state index in [-0.39, 0.29) is 0 Å². The van der Waals surface area contributed by atoms with Gasteiger partial charge in [-0.05, 0) is 143 Å². The molecule has 11 rings (SSSR count). The number of para-hydroxylation sites is 1. The van der Waals surface area contributed by atoms with Crippen molar-refractivity contribution in [1.29, 1.82) is 5.26 Å². The summed E-state index contributed by atoms with van der Waals surface area (Å²) in [6.07, 6.45) is 0. The Kier molecular flexibility index (Phi) is 6.35. The number of hydrogen-bond acceptors (Lipinski definition) is 1. The predicted octanol–water partition coefficient (Wildman–Crippen LogP) is 13.7. The Morgan fingerprint density at radius 2 is 0.906 bits per heavy atom. The first-order valence-electron chi connectivity index (χ1n) is 18.1. The van der Waals surface area contributed by atoms with Gasteiger partial charge in [-0.2, -0.15) is 5.26 Å². The molecule has 2 nitrogen and oxygen atoms in total. The van der Waals surface area contributed by atoms with Crippen molar-refractivity contribution in [2.75, 3.05) is 0 Å². The lowest BCUT2D eigenvalue weighted by atomic mass is 9.88. The molecule has 0 unspecified atom stereocenters. The molecule has 1 heterocycles. The molecule has 0 spiro atoms. The van der Waals surface area contributed by atoms with Crippen molar-refractivity contribution in [2.24, 2.45) is 0 Å². The van der Waals surface area contributed by atoms with Gasteiger partial charge in [-0.25, -0.2) is 0 Å². The minimum absolute atomic E-state index is 0.665. The molecular formula is C51H30N2. The van der Waals surface area contributed by atoms with Crippen molar-refractivity contribution in [3.8, 4) is 45.1 Å². The van der Waals surface area contributed by atoms with Crippen LogP contribution in [-0.2, 0) is 0 Å². The van der Waals surface area contributed by atoms with Crippen LogP contribution in [0.25, 0.3) is 104 Å². The highest BCUT2D eigenvalue weighted by Gasteiger charge is 2.16. The maximum Gasteiger partial charge on any atom is 0.0991 e. The molecule has 11 aromatic rings. The van der Waals surface area contributed by atoms with Crippen LogP contribution < -0.4 is 0 Å². The van der Waals surface area contributed by atoms with Gasteiger partial charge in [-0.3, -0.25) is 0 Å². The van der Waals surface area contributed by atoms with E-state index in [4.69, 9.17) is 0 Å². The molecule has 244 valence electrons. The first kappa shape index (κ1) is 29.5. The lowest BCUT2D eigenvalue weighted by Crippen LogP contribution is -1.93. The van der Waals surface area contributed by atoms with Crippen LogP contribution in [0.1, 0.15) is 5.56 Å². The van der Waals surface area contributed by atoms with E-state index in [1.54, 1.807) is 0 Å². The number of rotatable bonds is 4. The maximum absolute atomic E-state index is 9.70. The number of aromatic nitrogens is 1. The fraction of sp³-hybridized carbons (Fsp3) is 0. The number of nitriles is 1. The van der Waals surface area contributed by atoms with Crippen LogP contribution in [0.2, 0.25) is 0 Å². The zero-order valence-corrected chi connectivity index (χ0v) is 28.7. The molecular weight excluding hydrogens is 641 g/mol. The molecule has 10 aromatic carbocycles. The minimum Gasteiger partial charge on any atom is -0.309 e. The average molecular weight is 671 g/mol. The summed E-state index contributed by atoms with van der Waals surface area (Å²) in [5.41, 5.74) is 11.2. The molecule has 0 fully saturated rings. The van der Waals surface area contributed by atoms with E-state index in [0.29, 0.717) is 5.56 Å². The fourth-order valence-electron chi connectivity index (χ4n) is 8.62. The Bertz CT molecular complexity index is 3200. The topological polar surface area (TPSA) is 28.7 Å². The fourth-order valence-corrected chi connectivity index (χ4v) is 8.62. The first-order chi connectivity index (χ1) is 26.2. The molecule has 1 aromatic heterocycles. The molecule has 0 aliphatic carbocycles. The van der Waals surface area contributed by atoms with Crippen LogP contribution in [0.5, 0.6) is 0 Å². The van der Waals surface area contributed by atoms with Crippen molar-refractivity contribution >= 4 is 64.9 Å². The summed E-state index contributed by atoms with van der Waals surface area (Å²) in [6, 6.07) is 68.1. The van der Waals surface area contributed by atoms with E-state index in [0.717, 1.165) is 38.6 Å². The SMILES string of the molecule is N#Cc1ccc2c(c1)c1cc(-c3ccc(-c4cc5ccc6cc(-c7cccc8ccccc78)cc7ccc(c4)c5c67)cc3)ccc1n2-c1ccccc1. The third kappa shape index (κ3) is 4.58. The van der Waals surface area contributed by atoms with E-state index in [9.17, 15) is 5.26 Å². The molecule has 0 saturated carbocycles. The van der Waals surface area contributed by atoms with Crippen LogP contribution in [-0.4, -0.2) is 4.57 Å². The van der Waals surface area contributed by atoms with Crippen LogP contribution >= 0.6 is 0 Å². The highest BCUT2D eigenvalue weighted by atomic mass is 15.0. The zero-order chi connectivity index (χ0) is 35.0. The highest BCUT2D eigenvalue weighted by Crippen LogP contribution is 2.41. The first-order valence-corrected chi connectivity index (χ1v) is 18.1. The van der Waals surface area contributed by atoms with Gasteiger partial charge in [0.2, 0.25) is 0 Å². The standard InChI is InChI=1S/C51H30N2/c52-31-32-13-23-48-46(25-32)47-30-36(22-24-49(47)53(48)43-9-2-1-3-10-43)33-14-16-34(17-15-33)41-26-37-18-20-39-28-42(29-40-21-19-38(27-41)50(37)51(39)40)45-12-6-8-35-7-4-5-11-44(35)45/h1-30H. The van der Waals surface area contributed by atoms with Gasteiger partial charge in [-0.1, -0.05) is 115 Å². The van der Waals surface area contributed by atoms with Crippen molar-refractivity contribution in [3.05, 3.63) is 188 Å². The maximum atomic E-state index is 9.70. The van der Waals surface area contributed by atoms with E-state index in [1.807, 2.05) is 18.2 Å². The summed E-state index contributed by atoms with van der Waals surface area (Å²) < 4.78 is 2.29. The lowest BCUT2D eigenvalue weighted by molar-refractivity contribution is 1.18. The largest absolute Gasteiger partial charge is 0.309 e. The van der Waals surface area contributed by atoms with Crippen molar-refractivity contribution in [1.82, 2.24) is 4.57 Å². The summed E-state index contributed by atoms with van der Waals surface area (Å²) in [6.45, 7) is 0. The molecule has 0 saturated heterocycles. The van der Waals surface area contributed by atoms with E-state index < -0.39 is 0 Å². The summed E-state index contributed by atoms with van der Waals surface area (Å²) in [7, 11) is 0. The van der Waals surface area contributed by atoms with Crippen LogP contribution in [0.3, 0.4) is 0 Å². The van der Waals surface area contributed by atoms with Gasteiger partial charge in [0.1, 0.15) is 0 Å². The van der Waals surface area contributed by atoms with Crippen molar-refractivity contribution in [3.63, 3.8) is 0 Å². The van der Waals surface area contributed by atoms with Gasteiger partial charge >= 0.3 is 0 Å². The molecule has 0 amide bonds. The van der Waals surface area contributed by atoms with Gasteiger partial charge in [0.25, 0.3) is 0 Å². The molecule has 0 N–H and O–H groups in total. The van der Waals surface area contributed by atoms with Crippen LogP contribution in [0.4, 0.5) is 0 Å². The van der Waals surface area contributed by atoms with Crippen LogP contribution in [0, 0.1) is 11.3 Å². The molecule has 53 heavy (non-hydrogen) atoms. The second-order valence-corrected chi connectivity index (χ2v) is 14.1. The molecule has 0 aliphatic rings. The van der Waals surface area contributed by atoms with Crippen LogP contribution in [0.15, 0.2) is 182 Å². The molecule has 0 bridgehead atoms. The summed E-state index contributed by atoms with van der Waals surface area (Å²) in [5, 5.41) is 22.2. The molecule has 0 radical (unpaired) electrons. The Hall–Kier alpha value is -7.21. The third-order valence-corrected chi connectivity index (χ3v) is 11.1. The van der Waals surface area contributed by atoms with E-state index in [2.05, 4.69) is 174 Å². The normalized spacial score (nSPS) is 11.8. The second kappa shape index (κ2) is 11.4. The number of benzene rings is 10. The molecule has 0 atom stereocenters. The number of fused-ring (bicyclic) bond motifs is 4. The van der Waals surface area contributed by atoms with Gasteiger partial charge < -0.3 is 4.57 Å². The second-order valence-electron chi connectivity index (χ2n) is 14.1. The summed E-state index contributed by atoms with van der Waals surface area (Å²) >= 11 is 0. The molecule has 2 heteroatoms. The highest BCUT2D eigenvalue weighted by molar-refractivity contribution is 6.25. The van der Waals surface area contributed by atoms with E-state index in [1.165, 1.54) is 65.3 Å². The predicted molar refractivity (Wildman–Crippen MR) is 223 cm³/mol. The number of nitrogens with zero attached hydrogens (tertiary/aromatic N) is 2. The smallest absolute Gasteiger partial charge is 0.0991 e. The molecule has 0 aliphatic heterocycles. The minimum atomic E-state index is 0.665. The quantitative estimate of drug-likeness (QED) is 0.171. The van der Waals surface area contributed by atoms with Gasteiger partial charge in [-0.15, -0.1) is 0 Å². The van der Waals surface area contributed by atoms with E-state index >= 15 is 0 Å². The zero-order valence-electron chi connectivity index (χ0n) is 28.7. The van der Waals surface area contributed by atoms with Crippen molar-refractivity contribution < 1.29 is 0 Å². The Morgan fingerprint density at radius 1 is 0.358 bits per heavy atom. The monoisotopic (exact) mass is 670 g/mol. The Morgan fingerprint density at radius 3 is 1.58 bits per heavy atom. The van der Waals surface area contributed by atoms with Gasteiger partial charge in [0, 0.05) is 16.5 Å². The Labute approximate surface area is 306 Å². The van der Waals surface area contributed by atoms with Gasteiger partial charge in [0.05, 0.1) is 22.7 Å². The number of hydrogen-bond donors (Lipinski definition) is 0. The summed E-state index contributed by atoms with van der Waals surface area (Å²) in [5.74, 6) is 0. The Balaban J connectivity index is 0.982. The lowest BCUT2D eigenvalue weighted by Gasteiger charge is -2.15. The average Bonchev–Trinajstić information content (AvgIpc) is 3.55. The van der Waals surface area contributed by atoms with Gasteiger partial charge in [0.15, 0.2) is 0 Å². The summed E-state index contributed by atoms with van der Waals surface area (Å²) in [4.78, 5) is 0. The van der Waals surface area contributed by atoms with Crippen molar-refractivity contribution in [2.45, 2.75) is 0 Å². The third-order valence-electron chi connectivity index (χ3n) is 11.1.